The predicted octanol–water partition coefficient (Wildman–Crippen LogP) is 1.11. The Morgan fingerprint density at radius 2 is 2.00 bits per heavy atom. The van der Waals surface area contributed by atoms with Crippen molar-refractivity contribution in [3.8, 4) is 0 Å². The van der Waals surface area contributed by atoms with Crippen LogP contribution in [-0.4, -0.2) is 43.0 Å². The summed E-state index contributed by atoms with van der Waals surface area (Å²) in [5.74, 6) is -0.204. The molecule has 1 saturated heterocycles. The number of rotatable bonds is 6. The predicted molar refractivity (Wildman–Crippen MR) is 75.0 cm³/mol. The largest absolute Gasteiger partial charge is 0.380 e. The van der Waals surface area contributed by atoms with Crippen LogP contribution in [-0.2, 0) is 14.3 Å². The van der Waals surface area contributed by atoms with Gasteiger partial charge in [-0.25, -0.2) is 0 Å². The first-order valence-corrected chi connectivity index (χ1v) is 6.93. The maximum absolute atomic E-state index is 12.4. The Hall–Kier alpha value is -1.88. The highest BCUT2D eigenvalue weighted by atomic mass is 16.5. The molecular weight excluding hydrogens is 256 g/mol. The summed E-state index contributed by atoms with van der Waals surface area (Å²) in [6.07, 6.45) is 0.946. The van der Waals surface area contributed by atoms with Crippen LogP contribution in [0.3, 0.4) is 0 Å². The molecule has 1 aromatic rings. The lowest BCUT2D eigenvalue weighted by atomic mass is 10.0. The third kappa shape index (κ3) is 3.57. The molecule has 2 amide bonds. The smallest absolute Gasteiger partial charge is 0.250 e. The van der Waals surface area contributed by atoms with Crippen molar-refractivity contribution in [1.82, 2.24) is 10.2 Å². The fourth-order valence-electron chi connectivity index (χ4n) is 2.18. The van der Waals surface area contributed by atoms with Gasteiger partial charge in [-0.2, -0.15) is 0 Å². The number of piperazine rings is 1. The van der Waals surface area contributed by atoms with Crippen LogP contribution in [0.25, 0.3) is 0 Å². The van der Waals surface area contributed by atoms with Gasteiger partial charge < -0.3 is 15.0 Å². The van der Waals surface area contributed by atoms with Crippen LogP contribution in [0.5, 0.6) is 0 Å². The van der Waals surface area contributed by atoms with Gasteiger partial charge in [-0.3, -0.25) is 9.59 Å². The van der Waals surface area contributed by atoms with Gasteiger partial charge in [-0.05, 0) is 12.0 Å². The van der Waals surface area contributed by atoms with E-state index in [-0.39, 0.29) is 18.4 Å². The van der Waals surface area contributed by atoms with Crippen molar-refractivity contribution >= 4 is 11.8 Å². The molecule has 5 nitrogen and oxygen atoms in total. The van der Waals surface area contributed by atoms with Crippen molar-refractivity contribution in [3.05, 3.63) is 35.9 Å². The minimum absolute atomic E-state index is 0.0732. The first-order valence-electron chi connectivity index (χ1n) is 6.93. The van der Waals surface area contributed by atoms with Crippen LogP contribution in [0.4, 0.5) is 0 Å². The van der Waals surface area contributed by atoms with Gasteiger partial charge in [-0.15, -0.1) is 0 Å². The van der Waals surface area contributed by atoms with E-state index in [0.717, 1.165) is 12.0 Å². The van der Waals surface area contributed by atoms with Crippen molar-refractivity contribution in [3.63, 3.8) is 0 Å². The second kappa shape index (κ2) is 7.05. The summed E-state index contributed by atoms with van der Waals surface area (Å²) in [6.45, 7) is 3.74. The Bertz CT molecular complexity index is 461. The molecule has 1 aromatic carbocycles. The summed E-state index contributed by atoms with van der Waals surface area (Å²) in [5, 5.41) is 2.74. The molecule has 1 fully saturated rings. The molecule has 1 atom stereocenters. The highest BCUT2D eigenvalue weighted by molar-refractivity contribution is 5.95. The average molecular weight is 276 g/mol. The first kappa shape index (κ1) is 14.5. The van der Waals surface area contributed by atoms with Crippen LogP contribution >= 0.6 is 0 Å². The van der Waals surface area contributed by atoms with E-state index in [1.165, 1.54) is 0 Å². The van der Waals surface area contributed by atoms with Gasteiger partial charge in [0.25, 0.3) is 0 Å². The quantitative estimate of drug-likeness (QED) is 0.792. The molecule has 0 aromatic heterocycles. The fourth-order valence-corrected chi connectivity index (χ4v) is 2.18. The highest BCUT2D eigenvalue weighted by Gasteiger charge is 2.33. The van der Waals surface area contributed by atoms with E-state index in [1.54, 1.807) is 4.90 Å². The molecule has 108 valence electrons. The first-order chi connectivity index (χ1) is 9.72. The lowest BCUT2D eigenvalue weighted by molar-refractivity contribution is -0.145. The molecular formula is C15H20N2O3. The van der Waals surface area contributed by atoms with Gasteiger partial charge in [0.2, 0.25) is 11.8 Å². The van der Waals surface area contributed by atoms with E-state index in [0.29, 0.717) is 19.8 Å². The standard InChI is InChI=1S/C15H20N2O3/c1-2-9-20-10-8-17-11-13(18)16-14(15(17)19)12-6-4-3-5-7-12/h3-7,14H,2,8-11H2,1H3,(H,16,18). The molecule has 1 heterocycles. The molecule has 1 unspecified atom stereocenters. The van der Waals surface area contributed by atoms with E-state index in [9.17, 15) is 9.59 Å². The van der Waals surface area contributed by atoms with Crippen LogP contribution in [0.2, 0.25) is 0 Å². The fraction of sp³-hybridized carbons (Fsp3) is 0.467. The number of carbonyl (C=O) groups excluding carboxylic acids is 2. The maximum Gasteiger partial charge on any atom is 0.250 e. The average Bonchev–Trinajstić information content (AvgIpc) is 2.47. The number of benzene rings is 1. The molecule has 1 aliphatic rings. The Balaban J connectivity index is 2.00. The summed E-state index contributed by atoms with van der Waals surface area (Å²) in [7, 11) is 0. The zero-order chi connectivity index (χ0) is 14.4. The van der Waals surface area contributed by atoms with E-state index in [4.69, 9.17) is 4.74 Å². The van der Waals surface area contributed by atoms with E-state index in [1.807, 2.05) is 37.3 Å². The van der Waals surface area contributed by atoms with Crippen LogP contribution in [0.1, 0.15) is 24.9 Å². The van der Waals surface area contributed by atoms with Crippen LogP contribution in [0.15, 0.2) is 30.3 Å². The summed E-state index contributed by atoms with van der Waals surface area (Å²) in [6, 6.07) is 8.72. The third-order valence-corrected chi connectivity index (χ3v) is 3.19. The number of nitrogens with one attached hydrogen (secondary N) is 1. The van der Waals surface area contributed by atoms with Crippen molar-refractivity contribution in [2.75, 3.05) is 26.3 Å². The van der Waals surface area contributed by atoms with Gasteiger partial charge in [-0.1, -0.05) is 37.3 Å². The molecule has 0 spiro atoms. The lowest BCUT2D eigenvalue weighted by Crippen LogP contribution is -2.54. The van der Waals surface area contributed by atoms with E-state index >= 15 is 0 Å². The lowest BCUT2D eigenvalue weighted by Gasteiger charge is -2.32. The van der Waals surface area contributed by atoms with E-state index < -0.39 is 6.04 Å². The Kier molecular flexibility index (Phi) is 5.12. The minimum Gasteiger partial charge on any atom is -0.380 e. The van der Waals surface area contributed by atoms with Gasteiger partial charge in [0, 0.05) is 13.2 Å². The number of nitrogens with zero attached hydrogens (tertiary/aromatic N) is 1. The summed E-state index contributed by atoms with van der Waals surface area (Å²) in [4.78, 5) is 25.7. The van der Waals surface area contributed by atoms with Gasteiger partial charge >= 0.3 is 0 Å². The number of carbonyl (C=O) groups is 2. The second-order valence-corrected chi connectivity index (χ2v) is 4.78. The normalized spacial score (nSPS) is 19.1. The Morgan fingerprint density at radius 3 is 2.70 bits per heavy atom. The van der Waals surface area contributed by atoms with Crippen LogP contribution in [0, 0.1) is 0 Å². The number of hydrogen-bond acceptors (Lipinski definition) is 3. The van der Waals surface area contributed by atoms with Crippen LogP contribution < -0.4 is 5.32 Å². The molecule has 1 aliphatic heterocycles. The van der Waals surface area contributed by atoms with Gasteiger partial charge in [0.15, 0.2) is 0 Å². The van der Waals surface area contributed by atoms with Crippen molar-refractivity contribution in [1.29, 1.82) is 0 Å². The van der Waals surface area contributed by atoms with Gasteiger partial charge in [0.1, 0.15) is 6.04 Å². The molecule has 0 bridgehead atoms. The number of amides is 2. The third-order valence-electron chi connectivity index (χ3n) is 3.19. The Labute approximate surface area is 118 Å². The number of hydrogen-bond donors (Lipinski definition) is 1. The van der Waals surface area contributed by atoms with Gasteiger partial charge in [0.05, 0.1) is 13.2 Å². The number of ether oxygens (including phenoxy) is 1. The molecule has 0 radical (unpaired) electrons. The zero-order valence-electron chi connectivity index (χ0n) is 11.7. The van der Waals surface area contributed by atoms with E-state index in [2.05, 4.69) is 5.32 Å². The topological polar surface area (TPSA) is 58.6 Å². The summed E-state index contributed by atoms with van der Waals surface area (Å²) >= 11 is 0. The highest BCUT2D eigenvalue weighted by Crippen LogP contribution is 2.18. The molecule has 0 aliphatic carbocycles. The summed E-state index contributed by atoms with van der Waals surface area (Å²) in [5.41, 5.74) is 0.810. The minimum atomic E-state index is -0.580. The summed E-state index contributed by atoms with van der Waals surface area (Å²) < 4.78 is 5.38. The molecule has 1 N–H and O–H groups in total. The van der Waals surface area contributed by atoms with Crippen molar-refractivity contribution in [2.24, 2.45) is 0 Å². The SMILES string of the molecule is CCCOCCN1CC(=O)NC(c2ccccc2)C1=O. The van der Waals surface area contributed by atoms with Crippen molar-refractivity contribution in [2.45, 2.75) is 19.4 Å². The zero-order valence-corrected chi connectivity index (χ0v) is 11.7. The molecule has 20 heavy (non-hydrogen) atoms. The van der Waals surface area contributed by atoms with Crippen molar-refractivity contribution < 1.29 is 14.3 Å². The second-order valence-electron chi connectivity index (χ2n) is 4.78. The molecule has 0 saturated carbocycles. The molecule has 5 heteroatoms. The monoisotopic (exact) mass is 276 g/mol. The maximum atomic E-state index is 12.4. The Morgan fingerprint density at radius 1 is 1.25 bits per heavy atom. The molecule has 2 rings (SSSR count).